The highest BCUT2D eigenvalue weighted by Crippen LogP contribution is 2.23. The maximum atomic E-state index is 13.6. The average molecular weight is 292 g/mol. The number of sulfonamides is 1. The second-order valence-corrected chi connectivity index (χ2v) is 6.71. The summed E-state index contributed by atoms with van der Waals surface area (Å²) in [5.41, 5.74) is 4.45. The molecule has 0 amide bonds. The first-order valence-electron chi connectivity index (χ1n) is 5.87. The van der Waals surface area contributed by atoms with E-state index in [0.717, 1.165) is 18.6 Å². The van der Waals surface area contributed by atoms with Crippen molar-refractivity contribution in [1.29, 1.82) is 0 Å². The number of nitrogens with two attached hydrogens (primary N) is 1. The van der Waals surface area contributed by atoms with Crippen molar-refractivity contribution in [3.63, 3.8) is 0 Å². The number of hydrogen-bond acceptors (Lipinski definition) is 3. The molecule has 1 aromatic carbocycles. The molecule has 0 aliphatic heterocycles. The van der Waals surface area contributed by atoms with Crippen molar-refractivity contribution in [2.45, 2.75) is 44.0 Å². The van der Waals surface area contributed by atoms with Crippen molar-refractivity contribution in [2.75, 3.05) is 5.73 Å². The fourth-order valence-corrected chi connectivity index (χ4v) is 3.44. The third kappa shape index (κ3) is 3.87. The standard InChI is InChI=1S/C12H18F2N2O2S/c1-4-5-12(2,3)16-19(17,18)10-7-8(15)6-9(13)11(10)14/h6-7,16H,4-5,15H2,1-3H3. The Morgan fingerprint density at radius 2 is 1.89 bits per heavy atom. The van der Waals surface area contributed by atoms with E-state index in [4.69, 9.17) is 5.73 Å². The SMILES string of the molecule is CCCC(C)(C)NS(=O)(=O)c1cc(N)cc(F)c1F. The van der Waals surface area contributed by atoms with Crippen LogP contribution in [0.1, 0.15) is 33.6 Å². The van der Waals surface area contributed by atoms with Crippen LogP contribution in [0.4, 0.5) is 14.5 Å². The minimum Gasteiger partial charge on any atom is -0.399 e. The quantitative estimate of drug-likeness (QED) is 0.819. The molecule has 0 aromatic heterocycles. The van der Waals surface area contributed by atoms with Crippen molar-refractivity contribution in [3.05, 3.63) is 23.8 Å². The predicted octanol–water partition coefficient (Wildman–Crippen LogP) is 2.40. The number of halogens is 2. The van der Waals surface area contributed by atoms with E-state index in [1.54, 1.807) is 13.8 Å². The molecule has 0 spiro atoms. The highest BCUT2D eigenvalue weighted by molar-refractivity contribution is 7.89. The van der Waals surface area contributed by atoms with Gasteiger partial charge in [0.25, 0.3) is 0 Å². The van der Waals surface area contributed by atoms with Crippen LogP contribution in [0.15, 0.2) is 17.0 Å². The molecule has 0 unspecified atom stereocenters. The fraction of sp³-hybridized carbons (Fsp3) is 0.500. The maximum absolute atomic E-state index is 13.6. The predicted molar refractivity (Wildman–Crippen MR) is 70.1 cm³/mol. The summed E-state index contributed by atoms with van der Waals surface area (Å²) in [5.74, 6) is -2.71. The number of rotatable bonds is 5. The monoisotopic (exact) mass is 292 g/mol. The summed E-state index contributed by atoms with van der Waals surface area (Å²) in [6.07, 6.45) is 1.32. The van der Waals surface area contributed by atoms with E-state index in [0.29, 0.717) is 6.42 Å². The summed E-state index contributed by atoms with van der Waals surface area (Å²) in [7, 11) is -4.16. The molecule has 7 heteroatoms. The lowest BCUT2D eigenvalue weighted by Crippen LogP contribution is -2.43. The summed E-state index contributed by atoms with van der Waals surface area (Å²) >= 11 is 0. The van der Waals surface area contributed by atoms with E-state index in [1.807, 2.05) is 6.92 Å². The third-order valence-electron chi connectivity index (χ3n) is 2.59. The summed E-state index contributed by atoms with van der Waals surface area (Å²) in [4.78, 5) is -0.769. The molecule has 108 valence electrons. The van der Waals surface area contributed by atoms with Crippen LogP contribution in [-0.2, 0) is 10.0 Å². The molecule has 0 saturated heterocycles. The average Bonchev–Trinajstić information content (AvgIpc) is 2.21. The van der Waals surface area contributed by atoms with Gasteiger partial charge >= 0.3 is 0 Å². The van der Waals surface area contributed by atoms with Crippen LogP contribution in [-0.4, -0.2) is 14.0 Å². The first kappa shape index (κ1) is 15.8. The van der Waals surface area contributed by atoms with Crippen LogP contribution >= 0.6 is 0 Å². The van der Waals surface area contributed by atoms with E-state index in [9.17, 15) is 17.2 Å². The van der Waals surface area contributed by atoms with Crippen LogP contribution < -0.4 is 10.5 Å². The number of nitrogen functional groups attached to an aromatic ring is 1. The van der Waals surface area contributed by atoms with Crippen molar-refractivity contribution in [1.82, 2.24) is 4.72 Å². The Morgan fingerprint density at radius 3 is 2.42 bits per heavy atom. The molecule has 3 N–H and O–H groups in total. The Kier molecular flexibility index (Phi) is 4.52. The zero-order valence-electron chi connectivity index (χ0n) is 11.1. The van der Waals surface area contributed by atoms with Gasteiger partial charge in [0.15, 0.2) is 11.6 Å². The van der Waals surface area contributed by atoms with Crippen LogP contribution in [0.3, 0.4) is 0 Å². The van der Waals surface area contributed by atoms with Gasteiger partial charge in [-0.1, -0.05) is 13.3 Å². The van der Waals surface area contributed by atoms with Gasteiger partial charge in [0.2, 0.25) is 10.0 Å². The van der Waals surface area contributed by atoms with E-state index in [-0.39, 0.29) is 5.69 Å². The lowest BCUT2D eigenvalue weighted by molar-refractivity contribution is 0.414. The molecule has 0 fully saturated rings. The van der Waals surface area contributed by atoms with Gasteiger partial charge in [0, 0.05) is 11.2 Å². The van der Waals surface area contributed by atoms with E-state index in [2.05, 4.69) is 4.72 Å². The Balaban J connectivity index is 3.22. The lowest BCUT2D eigenvalue weighted by Gasteiger charge is -2.25. The van der Waals surface area contributed by atoms with Crippen molar-refractivity contribution in [2.24, 2.45) is 0 Å². The Labute approximate surface area is 112 Å². The first-order chi connectivity index (χ1) is 8.59. The smallest absolute Gasteiger partial charge is 0.244 e. The number of nitrogens with one attached hydrogen (secondary N) is 1. The molecule has 4 nitrogen and oxygen atoms in total. The zero-order valence-corrected chi connectivity index (χ0v) is 11.9. The Hall–Kier alpha value is -1.21. The molecule has 0 saturated carbocycles. The lowest BCUT2D eigenvalue weighted by atomic mass is 10.0. The molecule has 0 radical (unpaired) electrons. The van der Waals surface area contributed by atoms with E-state index < -0.39 is 32.1 Å². The Bertz CT molecular complexity index is 571. The number of benzene rings is 1. The summed E-state index contributed by atoms with van der Waals surface area (Å²) in [6.45, 7) is 5.25. The van der Waals surface area contributed by atoms with Gasteiger partial charge in [-0.2, -0.15) is 0 Å². The maximum Gasteiger partial charge on any atom is 0.244 e. The molecule has 0 atom stereocenters. The molecule has 1 rings (SSSR count). The van der Waals surface area contributed by atoms with Gasteiger partial charge < -0.3 is 5.73 Å². The Morgan fingerprint density at radius 1 is 1.32 bits per heavy atom. The first-order valence-corrected chi connectivity index (χ1v) is 7.36. The molecule has 0 bridgehead atoms. The summed E-state index contributed by atoms with van der Waals surface area (Å²) in [6, 6.07) is 1.65. The zero-order chi connectivity index (χ0) is 14.8. The van der Waals surface area contributed by atoms with Crippen molar-refractivity contribution >= 4 is 15.7 Å². The highest BCUT2D eigenvalue weighted by Gasteiger charge is 2.29. The molecule has 0 aliphatic rings. The molecule has 0 aliphatic carbocycles. The van der Waals surface area contributed by atoms with Crippen LogP contribution in [0, 0.1) is 11.6 Å². The van der Waals surface area contributed by atoms with Gasteiger partial charge in [-0.05, 0) is 32.4 Å². The second kappa shape index (κ2) is 5.42. The number of hydrogen-bond donors (Lipinski definition) is 2. The van der Waals surface area contributed by atoms with Crippen molar-refractivity contribution in [3.8, 4) is 0 Å². The molecule has 1 aromatic rings. The minimum atomic E-state index is -4.16. The van der Waals surface area contributed by atoms with Gasteiger partial charge in [-0.3, -0.25) is 0 Å². The van der Waals surface area contributed by atoms with Gasteiger partial charge in [0.05, 0.1) is 0 Å². The van der Waals surface area contributed by atoms with Gasteiger partial charge in [-0.15, -0.1) is 0 Å². The molecular weight excluding hydrogens is 274 g/mol. The van der Waals surface area contributed by atoms with E-state index >= 15 is 0 Å². The molecular formula is C12H18F2N2O2S. The van der Waals surface area contributed by atoms with Crippen LogP contribution in [0.2, 0.25) is 0 Å². The molecule has 0 heterocycles. The second-order valence-electron chi connectivity index (χ2n) is 5.05. The normalized spacial score (nSPS) is 12.7. The summed E-state index contributed by atoms with van der Waals surface area (Å²) in [5, 5.41) is 0. The van der Waals surface area contributed by atoms with Crippen LogP contribution in [0.5, 0.6) is 0 Å². The highest BCUT2D eigenvalue weighted by atomic mass is 32.2. The van der Waals surface area contributed by atoms with Crippen molar-refractivity contribution < 1.29 is 17.2 Å². The molecule has 19 heavy (non-hydrogen) atoms. The van der Waals surface area contributed by atoms with Gasteiger partial charge in [0.1, 0.15) is 4.90 Å². The van der Waals surface area contributed by atoms with Gasteiger partial charge in [-0.25, -0.2) is 21.9 Å². The number of anilines is 1. The van der Waals surface area contributed by atoms with Crippen LogP contribution in [0.25, 0.3) is 0 Å². The fourth-order valence-electron chi connectivity index (χ4n) is 1.87. The minimum absolute atomic E-state index is 0.146. The topological polar surface area (TPSA) is 72.2 Å². The largest absolute Gasteiger partial charge is 0.399 e. The van der Waals surface area contributed by atoms with E-state index in [1.165, 1.54) is 0 Å². The summed E-state index contributed by atoms with van der Waals surface area (Å²) < 4.78 is 53.3. The third-order valence-corrected chi connectivity index (χ3v) is 4.29.